The number of carbonyl (C=O) groups excluding carboxylic acids is 1. The van der Waals surface area contributed by atoms with Crippen LogP contribution in [0, 0.1) is 0 Å². The highest BCUT2D eigenvalue weighted by Gasteiger charge is 2.38. The van der Waals surface area contributed by atoms with Crippen LogP contribution in [-0.2, 0) is 14.8 Å². The summed E-state index contributed by atoms with van der Waals surface area (Å²) in [7, 11) is -3.68. The molecule has 10 heteroatoms. The van der Waals surface area contributed by atoms with Gasteiger partial charge in [0.2, 0.25) is 10.0 Å². The molecule has 1 aliphatic heterocycles. The van der Waals surface area contributed by atoms with E-state index in [9.17, 15) is 23.1 Å². The number of hydrogen-bond donors (Lipinski definition) is 4. The number of nitrogens with two attached hydrogens (primary N) is 1. The van der Waals surface area contributed by atoms with Gasteiger partial charge in [-0.15, -0.1) is 0 Å². The van der Waals surface area contributed by atoms with Gasteiger partial charge < -0.3 is 20.4 Å². The van der Waals surface area contributed by atoms with Gasteiger partial charge >= 0.3 is 12.0 Å². The molecule has 0 aromatic carbocycles. The number of hydrogen-bond acceptors (Lipinski definition) is 5. The Kier molecular flexibility index (Phi) is 4.48. The lowest BCUT2D eigenvalue weighted by atomic mass is 10.2. The molecule has 2 atom stereocenters. The Labute approximate surface area is 104 Å². The molecular formula is C8H15N3O6S. The molecule has 5 N–H and O–H groups in total. The van der Waals surface area contributed by atoms with Crippen LogP contribution >= 0.6 is 0 Å². The van der Waals surface area contributed by atoms with Gasteiger partial charge in [-0.3, -0.25) is 0 Å². The Balaban J connectivity index is 2.53. The van der Waals surface area contributed by atoms with E-state index < -0.39 is 39.9 Å². The van der Waals surface area contributed by atoms with Gasteiger partial charge in [0.05, 0.1) is 11.9 Å². The number of aliphatic hydroxyl groups excluding tert-OH is 1. The van der Waals surface area contributed by atoms with Gasteiger partial charge in [0.1, 0.15) is 6.04 Å². The van der Waals surface area contributed by atoms with E-state index in [1.807, 2.05) is 0 Å². The molecule has 0 saturated carbocycles. The third-order valence-corrected chi connectivity index (χ3v) is 3.26. The summed E-state index contributed by atoms with van der Waals surface area (Å²) < 4.78 is 21.3. The molecule has 0 radical (unpaired) electrons. The molecule has 1 rings (SSSR count). The van der Waals surface area contributed by atoms with Gasteiger partial charge in [-0.2, -0.15) is 0 Å². The standard InChI is InChI=1S/C8H15N3O6S/c9-18(16,17)2-1-10-8(15)11-4-5(12)3-6(11)7(13)14/h5-6,12H,1-4H2,(H,10,15)(H,13,14)(H2,9,16,17)/t5-,6+/m1/s1. The van der Waals surface area contributed by atoms with Gasteiger partial charge in [0.25, 0.3) is 0 Å². The van der Waals surface area contributed by atoms with E-state index in [1.165, 1.54) is 0 Å². The van der Waals surface area contributed by atoms with Crippen molar-refractivity contribution in [1.29, 1.82) is 0 Å². The maximum atomic E-state index is 11.6. The summed E-state index contributed by atoms with van der Waals surface area (Å²) >= 11 is 0. The molecule has 1 heterocycles. The Morgan fingerprint density at radius 2 is 2.06 bits per heavy atom. The van der Waals surface area contributed by atoms with Crippen LogP contribution in [0.1, 0.15) is 6.42 Å². The topological polar surface area (TPSA) is 150 Å². The number of nitrogens with zero attached hydrogens (tertiary/aromatic N) is 1. The van der Waals surface area contributed by atoms with E-state index in [-0.39, 0.29) is 19.5 Å². The predicted molar refractivity (Wildman–Crippen MR) is 60.1 cm³/mol. The molecule has 2 amide bonds. The Hall–Kier alpha value is -1.39. The smallest absolute Gasteiger partial charge is 0.326 e. The van der Waals surface area contributed by atoms with Crippen molar-refractivity contribution in [2.45, 2.75) is 18.6 Å². The summed E-state index contributed by atoms with van der Waals surface area (Å²) in [5.41, 5.74) is 0. The molecule has 18 heavy (non-hydrogen) atoms. The number of aliphatic hydroxyl groups is 1. The van der Waals surface area contributed by atoms with Crippen molar-refractivity contribution in [3.05, 3.63) is 0 Å². The molecule has 0 aromatic heterocycles. The number of primary sulfonamides is 1. The molecule has 9 nitrogen and oxygen atoms in total. The van der Waals surface area contributed by atoms with Crippen molar-refractivity contribution in [2.75, 3.05) is 18.8 Å². The Morgan fingerprint density at radius 3 is 2.56 bits per heavy atom. The first-order valence-electron chi connectivity index (χ1n) is 5.16. The van der Waals surface area contributed by atoms with Gasteiger partial charge in [-0.1, -0.05) is 0 Å². The van der Waals surface area contributed by atoms with Crippen molar-refractivity contribution in [3.63, 3.8) is 0 Å². The van der Waals surface area contributed by atoms with Crippen molar-refractivity contribution < 1.29 is 28.2 Å². The van der Waals surface area contributed by atoms with E-state index in [4.69, 9.17) is 10.2 Å². The minimum absolute atomic E-state index is 0.0437. The van der Waals surface area contributed by atoms with E-state index in [2.05, 4.69) is 5.32 Å². The number of carboxylic acid groups (broad SMARTS) is 1. The number of sulfonamides is 1. The summed E-state index contributed by atoms with van der Waals surface area (Å²) in [6.45, 7) is -0.311. The number of likely N-dealkylation sites (tertiary alicyclic amines) is 1. The van der Waals surface area contributed by atoms with Crippen molar-refractivity contribution in [3.8, 4) is 0 Å². The number of β-amino-alcohol motifs (C(OH)–C–C–N with tert-alkyl or cyclic N) is 1. The van der Waals surface area contributed by atoms with Crippen LogP contribution in [0.5, 0.6) is 0 Å². The van der Waals surface area contributed by atoms with Crippen molar-refractivity contribution in [1.82, 2.24) is 10.2 Å². The highest BCUT2D eigenvalue weighted by Crippen LogP contribution is 2.17. The van der Waals surface area contributed by atoms with Crippen molar-refractivity contribution in [2.24, 2.45) is 5.14 Å². The number of amides is 2. The predicted octanol–water partition coefficient (Wildman–Crippen LogP) is -2.50. The van der Waals surface area contributed by atoms with E-state index in [0.29, 0.717) is 0 Å². The summed E-state index contributed by atoms with van der Waals surface area (Å²) in [6.07, 6.45) is -0.937. The van der Waals surface area contributed by atoms with Crippen molar-refractivity contribution >= 4 is 22.0 Å². The normalized spacial score (nSPS) is 24.0. The average Bonchev–Trinajstić information content (AvgIpc) is 2.58. The first kappa shape index (κ1) is 14.7. The molecule has 0 unspecified atom stereocenters. The van der Waals surface area contributed by atoms with Crippen LogP contribution in [0.4, 0.5) is 4.79 Å². The van der Waals surface area contributed by atoms with E-state index in [1.54, 1.807) is 0 Å². The highest BCUT2D eigenvalue weighted by molar-refractivity contribution is 7.89. The molecule has 0 aromatic rings. The number of carboxylic acids is 1. The number of aliphatic carboxylic acids is 1. The third kappa shape index (κ3) is 4.13. The third-order valence-electron chi connectivity index (χ3n) is 2.49. The summed E-state index contributed by atoms with van der Waals surface area (Å²) in [6, 6.07) is -1.84. The molecule has 0 bridgehead atoms. The number of rotatable bonds is 4. The molecule has 1 fully saturated rings. The van der Waals surface area contributed by atoms with Gasteiger partial charge in [-0.25, -0.2) is 23.1 Å². The SMILES string of the molecule is NS(=O)(=O)CCNC(=O)N1C[C@H](O)C[C@H]1C(=O)O. The first-order valence-corrected chi connectivity index (χ1v) is 6.88. The second kappa shape index (κ2) is 5.50. The van der Waals surface area contributed by atoms with Gasteiger partial charge in [0.15, 0.2) is 0 Å². The van der Waals surface area contributed by atoms with E-state index in [0.717, 1.165) is 4.90 Å². The number of carbonyl (C=O) groups is 2. The zero-order chi connectivity index (χ0) is 13.9. The molecule has 1 aliphatic rings. The minimum Gasteiger partial charge on any atom is -0.480 e. The second-order valence-electron chi connectivity index (χ2n) is 3.99. The van der Waals surface area contributed by atoms with Gasteiger partial charge in [-0.05, 0) is 0 Å². The zero-order valence-electron chi connectivity index (χ0n) is 9.44. The molecule has 0 spiro atoms. The fourth-order valence-electron chi connectivity index (χ4n) is 1.67. The average molecular weight is 281 g/mol. The highest BCUT2D eigenvalue weighted by atomic mass is 32.2. The molecule has 1 saturated heterocycles. The Morgan fingerprint density at radius 1 is 1.44 bits per heavy atom. The number of urea groups is 1. The maximum absolute atomic E-state index is 11.6. The Bertz CT molecular complexity index is 436. The first-order chi connectivity index (χ1) is 8.20. The summed E-state index contributed by atoms with van der Waals surface area (Å²) in [4.78, 5) is 23.4. The van der Waals surface area contributed by atoms with Crippen LogP contribution in [0.15, 0.2) is 0 Å². The van der Waals surface area contributed by atoms with Crippen LogP contribution in [0.3, 0.4) is 0 Å². The van der Waals surface area contributed by atoms with Gasteiger partial charge in [0, 0.05) is 19.5 Å². The second-order valence-corrected chi connectivity index (χ2v) is 5.73. The lowest BCUT2D eigenvalue weighted by molar-refractivity contribution is -0.141. The quantitative estimate of drug-likeness (QED) is 0.447. The lowest BCUT2D eigenvalue weighted by Gasteiger charge is -2.21. The fourth-order valence-corrected chi connectivity index (χ4v) is 2.06. The molecule has 0 aliphatic carbocycles. The summed E-state index contributed by atoms with van der Waals surface area (Å²) in [5.74, 6) is -1.65. The largest absolute Gasteiger partial charge is 0.480 e. The fraction of sp³-hybridized carbons (Fsp3) is 0.750. The van der Waals surface area contributed by atoms with Crippen LogP contribution in [0.25, 0.3) is 0 Å². The molecule has 104 valence electrons. The maximum Gasteiger partial charge on any atom is 0.326 e. The van der Waals surface area contributed by atoms with Crippen LogP contribution in [0.2, 0.25) is 0 Å². The minimum atomic E-state index is -3.68. The van der Waals surface area contributed by atoms with E-state index >= 15 is 0 Å². The summed E-state index contributed by atoms with van der Waals surface area (Å²) in [5, 5.41) is 25.2. The monoisotopic (exact) mass is 281 g/mol. The van der Waals surface area contributed by atoms with Crippen LogP contribution < -0.4 is 10.5 Å². The van der Waals surface area contributed by atoms with Crippen LogP contribution in [-0.4, -0.2) is 66.5 Å². The lowest BCUT2D eigenvalue weighted by Crippen LogP contribution is -2.47. The zero-order valence-corrected chi connectivity index (χ0v) is 10.3. The molecular weight excluding hydrogens is 266 g/mol. The number of nitrogens with one attached hydrogen (secondary N) is 1.